The van der Waals surface area contributed by atoms with Crippen molar-refractivity contribution in [2.24, 2.45) is 5.73 Å². The Labute approximate surface area is 159 Å². The topological polar surface area (TPSA) is 128 Å². The van der Waals surface area contributed by atoms with Gasteiger partial charge in [0.05, 0.1) is 13.0 Å². The van der Waals surface area contributed by atoms with Crippen LogP contribution >= 0.6 is 0 Å². The van der Waals surface area contributed by atoms with Crippen LogP contribution in [0.2, 0.25) is 0 Å². The van der Waals surface area contributed by atoms with E-state index >= 15 is 0 Å². The molecule has 1 amide bonds. The summed E-state index contributed by atoms with van der Waals surface area (Å²) in [5.74, 6) is -1.20. The van der Waals surface area contributed by atoms with Crippen molar-refractivity contribution in [2.75, 3.05) is 13.2 Å². The molecule has 1 atom stereocenters. The molecule has 0 heterocycles. The van der Waals surface area contributed by atoms with Gasteiger partial charge in [-0.3, -0.25) is 9.59 Å². The second kappa shape index (κ2) is 12.7. The molecule has 8 nitrogen and oxygen atoms in total. The van der Waals surface area contributed by atoms with Crippen molar-refractivity contribution < 1.29 is 29.0 Å². The number of aliphatic carboxylic acids is 1. The van der Waals surface area contributed by atoms with Gasteiger partial charge in [0.25, 0.3) is 0 Å². The van der Waals surface area contributed by atoms with Crippen molar-refractivity contribution in [1.29, 1.82) is 0 Å². The molecule has 0 fully saturated rings. The molecule has 0 radical (unpaired) electrons. The third kappa shape index (κ3) is 10.2. The van der Waals surface area contributed by atoms with E-state index in [1.807, 2.05) is 0 Å². The largest absolute Gasteiger partial charge is 0.494 e. The number of rotatable bonds is 13. The fourth-order valence-electron chi connectivity index (χ4n) is 2.19. The molecule has 0 aromatic heterocycles. The quantitative estimate of drug-likeness (QED) is 0.271. The van der Waals surface area contributed by atoms with Gasteiger partial charge in [-0.15, -0.1) is 0 Å². The third-order valence-electron chi connectivity index (χ3n) is 3.71. The highest BCUT2D eigenvalue weighted by atomic mass is 16.5. The molecule has 0 aliphatic heterocycles. The van der Waals surface area contributed by atoms with Gasteiger partial charge in [-0.1, -0.05) is 12.8 Å². The Bertz CT molecular complexity index is 603. The molecule has 1 aromatic rings. The van der Waals surface area contributed by atoms with Crippen LogP contribution in [0.3, 0.4) is 0 Å². The molecule has 0 bridgehead atoms. The van der Waals surface area contributed by atoms with E-state index in [0.717, 1.165) is 25.7 Å². The summed E-state index contributed by atoms with van der Waals surface area (Å²) in [7, 11) is 0. The Morgan fingerprint density at radius 2 is 1.67 bits per heavy atom. The van der Waals surface area contributed by atoms with Crippen LogP contribution in [0.4, 0.5) is 0 Å². The number of carbonyl (C=O) groups excluding carboxylic acids is 2. The number of carboxylic acids is 1. The summed E-state index contributed by atoms with van der Waals surface area (Å²) in [6.07, 6.45) is 3.67. The molecule has 0 aliphatic rings. The maximum absolute atomic E-state index is 12.0. The van der Waals surface area contributed by atoms with E-state index in [1.165, 1.54) is 6.92 Å². The highest BCUT2D eigenvalue weighted by Gasteiger charge is 2.18. The Balaban J connectivity index is 2.33. The number of hydrogen-bond acceptors (Lipinski definition) is 6. The van der Waals surface area contributed by atoms with Crippen molar-refractivity contribution in [3.63, 3.8) is 0 Å². The molecule has 1 rings (SSSR count). The lowest BCUT2D eigenvalue weighted by atomic mass is 10.2. The summed E-state index contributed by atoms with van der Waals surface area (Å²) >= 11 is 0. The minimum Gasteiger partial charge on any atom is -0.494 e. The molecular formula is C19H28N2O6. The fourth-order valence-corrected chi connectivity index (χ4v) is 2.19. The van der Waals surface area contributed by atoms with Gasteiger partial charge in [-0.05, 0) is 50.6 Å². The van der Waals surface area contributed by atoms with Gasteiger partial charge in [0.15, 0.2) is 0 Å². The Kier molecular flexibility index (Phi) is 10.5. The van der Waals surface area contributed by atoms with E-state index in [1.54, 1.807) is 24.3 Å². The molecule has 150 valence electrons. The number of hydrogen-bond donors (Lipinski definition) is 3. The van der Waals surface area contributed by atoms with Gasteiger partial charge in [0, 0.05) is 6.42 Å². The maximum Gasteiger partial charge on any atom is 0.333 e. The molecule has 1 aromatic carbocycles. The van der Waals surface area contributed by atoms with Gasteiger partial charge in [-0.25, -0.2) is 4.79 Å². The van der Waals surface area contributed by atoms with E-state index in [0.29, 0.717) is 24.7 Å². The van der Waals surface area contributed by atoms with Gasteiger partial charge in [0.1, 0.15) is 17.5 Å². The summed E-state index contributed by atoms with van der Waals surface area (Å²) < 4.78 is 10.8. The van der Waals surface area contributed by atoms with Crippen LogP contribution < -0.4 is 20.5 Å². The smallest absolute Gasteiger partial charge is 0.333 e. The predicted octanol–water partition coefficient (Wildman–Crippen LogP) is 1.86. The van der Waals surface area contributed by atoms with Gasteiger partial charge in [-0.2, -0.15) is 0 Å². The molecule has 8 heteroatoms. The first-order valence-corrected chi connectivity index (χ1v) is 9.08. The average Bonchev–Trinajstić information content (AvgIpc) is 2.64. The van der Waals surface area contributed by atoms with E-state index in [9.17, 15) is 14.4 Å². The fraction of sp³-hybridized carbons (Fsp3) is 0.526. The zero-order valence-corrected chi connectivity index (χ0v) is 15.6. The standard InChI is InChI=1S/C19H28N2O6/c1-14(21-17(22)10-11-18(23)24)19(25)27-16-8-6-15(7-9-16)26-13-5-3-2-4-12-20/h6-9,14H,2-5,10-13,20H2,1H3,(H,21,22)(H,23,24). The minimum absolute atomic E-state index is 0.189. The van der Waals surface area contributed by atoms with Crippen molar-refractivity contribution in [1.82, 2.24) is 5.32 Å². The van der Waals surface area contributed by atoms with Crippen LogP contribution in [-0.2, 0) is 14.4 Å². The zero-order valence-electron chi connectivity index (χ0n) is 15.6. The molecule has 0 spiro atoms. The SMILES string of the molecule is CC(NC(=O)CCC(=O)O)C(=O)Oc1ccc(OCCCCCCN)cc1. The van der Waals surface area contributed by atoms with Gasteiger partial charge < -0.3 is 25.6 Å². The monoisotopic (exact) mass is 380 g/mol. The summed E-state index contributed by atoms with van der Waals surface area (Å²) in [5, 5.41) is 10.9. The predicted molar refractivity (Wildman–Crippen MR) is 99.6 cm³/mol. The highest BCUT2D eigenvalue weighted by molar-refractivity contribution is 5.86. The number of nitrogens with two attached hydrogens (primary N) is 1. The number of nitrogens with one attached hydrogen (secondary N) is 1. The lowest BCUT2D eigenvalue weighted by Gasteiger charge is -2.13. The summed E-state index contributed by atoms with van der Waals surface area (Å²) in [5.41, 5.74) is 5.44. The second-order valence-electron chi connectivity index (χ2n) is 6.13. The van der Waals surface area contributed by atoms with Crippen LogP contribution in [0.5, 0.6) is 11.5 Å². The molecule has 27 heavy (non-hydrogen) atoms. The summed E-state index contributed by atoms with van der Waals surface area (Å²) in [6, 6.07) is 5.76. The molecule has 0 saturated heterocycles. The first-order valence-electron chi connectivity index (χ1n) is 9.08. The van der Waals surface area contributed by atoms with Crippen molar-refractivity contribution in [3.8, 4) is 11.5 Å². The normalized spacial score (nSPS) is 11.5. The van der Waals surface area contributed by atoms with E-state index < -0.39 is 23.9 Å². The number of carbonyl (C=O) groups is 3. The number of benzene rings is 1. The molecule has 4 N–H and O–H groups in total. The summed E-state index contributed by atoms with van der Waals surface area (Å²) in [6.45, 7) is 2.80. The molecule has 0 aliphatic carbocycles. The van der Waals surface area contributed by atoms with E-state index in [-0.39, 0.29) is 12.8 Å². The van der Waals surface area contributed by atoms with Crippen LogP contribution in [0, 0.1) is 0 Å². The van der Waals surface area contributed by atoms with E-state index in [4.69, 9.17) is 20.3 Å². The second-order valence-corrected chi connectivity index (χ2v) is 6.13. The Morgan fingerprint density at radius 3 is 2.30 bits per heavy atom. The van der Waals surface area contributed by atoms with Crippen molar-refractivity contribution >= 4 is 17.8 Å². The Hall–Kier alpha value is -2.61. The lowest BCUT2D eigenvalue weighted by Crippen LogP contribution is -2.40. The number of ether oxygens (including phenoxy) is 2. The number of esters is 1. The number of unbranched alkanes of at least 4 members (excludes halogenated alkanes) is 3. The maximum atomic E-state index is 12.0. The van der Waals surface area contributed by atoms with Crippen molar-refractivity contribution in [3.05, 3.63) is 24.3 Å². The first-order chi connectivity index (χ1) is 12.9. The average molecular weight is 380 g/mol. The van der Waals surface area contributed by atoms with Crippen LogP contribution in [0.15, 0.2) is 24.3 Å². The lowest BCUT2D eigenvalue weighted by molar-refractivity contribution is -0.140. The molecular weight excluding hydrogens is 352 g/mol. The first kappa shape index (κ1) is 22.4. The van der Waals surface area contributed by atoms with E-state index in [2.05, 4.69) is 5.32 Å². The molecule has 0 saturated carbocycles. The Morgan fingerprint density at radius 1 is 1.04 bits per heavy atom. The molecule has 1 unspecified atom stereocenters. The number of amides is 1. The van der Waals surface area contributed by atoms with Gasteiger partial charge >= 0.3 is 11.9 Å². The third-order valence-corrected chi connectivity index (χ3v) is 3.71. The van der Waals surface area contributed by atoms with Crippen molar-refractivity contribution in [2.45, 2.75) is 51.5 Å². The number of carboxylic acid groups (broad SMARTS) is 1. The zero-order chi connectivity index (χ0) is 20.1. The summed E-state index contributed by atoms with van der Waals surface area (Å²) in [4.78, 5) is 33.9. The highest BCUT2D eigenvalue weighted by Crippen LogP contribution is 2.18. The minimum atomic E-state index is -1.07. The van der Waals surface area contributed by atoms with Crippen LogP contribution in [0.1, 0.15) is 45.4 Å². The van der Waals surface area contributed by atoms with Gasteiger partial charge in [0.2, 0.25) is 5.91 Å². The van der Waals surface area contributed by atoms with Crippen LogP contribution in [0.25, 0.3) is 0 Å². The van der Waals surface area contributed by atoms with Crippen LogP contribution in [-0.4, -0.2) is 42.1 Å².